The highest BCUT2D eigenvalue weighted by atomic mass is 79.9. The number of carbonyl (C=O) groups is 3. The molecule has 2 aliphatic rings. The molecule has 1 fully saturated rings. The van der Waals surface area contributed by atoms with Gasteiger partial charge in [0, 0.05) is 6.42 Å². The zero-order valence-corrected chi connectivity index (χ0v) is 14.6. The van der Waals surface area contributed by atoms with Gasteiger partial charge in [0.05, 0.1) is 18.0 Å². The number of esters is 2. The molecule has 2 heterocycles. The molecule has 7 nitrogen and oxygen atoms in total. The Morgan fingerprint density at radius 1 is 1.46 bits per heavy atom. The molecule has 2 atom stereocenters. The standard InChI is InChI=1S/C16H15BrO7/c1-7-5-9-12(14(20)13(7)17)8(18)6-16(24-9,15(21)22-2)10-3-4-11(19)23-10/h5,10,20H,3-4,6H2,1-2H3/t10-,16+/m1/s1. The molecule has 0 amide bonds. The Kier molecular flexibility index (Phi) is 4.03. The molecule has 1 aromatic carbocycles. The molecule has 1 saturated heterocycles. The third-order valence-corrected chi connectivity index (χ3v) is 5.32. The number of ketones is 1. The Balaban J connectivity index is 2.13. The number of halogens is 1. The smallest absolute Gasteiger partial charge is 0.354 e. The average molecular weight is 399 g/mol. The number of rotatable bonds is 2. The minimum atomic E-state index is -1.74. The van der Waals surface area contributed by atoms with Crippen molar-refractivity contribution in [2.45, 2.75) is 37.9 Å². The predicted molar refractivity (Wildman–Crippen MR) is 84.0 cm³/mol. The lowest BCUT2D eigenvalue weighted by Crippen LogP contribution is -2.58. The van der Waals surface area contributed by atoms with Gasteiger partial charge in [0.15, 0.2) is 11.9 Å². The summed E-state index contributed by atoms with van der Waals surface area (Å²) in [6, 6.07) is 1.55. The molecular formula is C16H15BrO7. The molecule has 0 radical (unpaired) electrons. The fraction of sp³-hybridized carbons (Fsp3) is 0.438. The second-order valence-corrected chi connectivity index (χ2v) is 6.62. The van der Waals surface area contributed by atoms with Crippen LogP contribution in [0.5, 0.6) is 11.5 Å². The second-order valence-electron chi connectivity index (χ2n) is 5.83. The lowest BCUT2D eigenvalue weighted by Gasteiger charge is -2.38. The van der Waals surface area contributed by atoms with E-state index in [0.29, 0.717) is 10.0 Å². The van der Waals surface area contributed by atoms with Gasteiger partial charge in [0.2, 0.25) is 5.60 Å². The number of hydrogen-bond acceptors (Lipinski definition) is 7. The highest BCUT2D eigenvalue weighted by Gasteiger charge is 2.58. The average Bonchev–Trinajstić information content (AvgIpc) is 2.98. The summed E-state index contributed by atoms with van der Waals surface area (Å²) in [4.78, 5) is 36.5. The van der Waals surface area contributed by atoms with E-state index in [9.17, 15) is 19.5 Å². The van der Waals surface area contributed by atoms with Crippen molar-refractivity contribution in [2.75, 3.05) is 7.11 Å². The van der Waals surface area contributed by atoms with Crippen molar-refractivity contribution in [1.29, 1.82) is 0 Å². The van der Waals surface area contributed by atoms with E-state index >= 15 is 0 Å². The quantitative estimate of drug-likeness (QED) is 0.760. The van der Waals surface area contributed by atoms with Gasteiger partial charge in [-0.3, -0.25) is 9.59 Å². The predicted octanol–water partition coefficient (Wildman–Crippen LogP) is 2.05. The number of benzene rings is 1. The maximum atomic E-state index is 12.6. The fourth-order valence-electron chi connectivity index (χ4n) is 3.11. The molecule has 8 heteroatoms. The maximum Gasteiger partial charge on any atom is 0.354 e. The summed E-state index contributed by atoms with van der Waals surface area (Å²) in [7, 11) is 1.18. The van der Waals surface area contributed by atoms with E-state index in [1.807, 2.05) is 0 Å². The van der Waals surface area contributed by atoms with Crippen LogP contribution in [-0.2, 0) is 19.1 Å². The van der Waals surface area contributed by atoms with Gasteiger partial charge in [-0.15, -0.1) is 0 Å². The number of phenolic OH excluding ortho intramolecular Hbond substituents is 1. The van der Waals surface area contributed by atoms with E-state index in [1.54, 1.807) is 13.0 Å². The van der Waals surface area contributed by atoms with Crippen molar-refractivity contribution in [3.05, 3.63) is 21.7 Å². The van der Waals surface area contributed by atoms with Crippen LogP contribution in [0.4, 0.5) is 0 Å². The van der Waals surface area contributed by atoms with Gasteiger partial charge in [-0.05, 0) is 40.9 Å². The molecule has 0 bridgehead atoms. The van der Waals surface area contributed by atoms with E-state index in [-0.39, 0.29) is 36.3 Å². The molecule has 3 rings (SSSR count). The highest BCUT2D eigenvalue weighted by molar-refractivity contribution is 9.10. The largest absolute Gasteiger partial charge is 0.506 e. The summed E-state index contributed by atoms with van der Waals surface area (Å²) < 4.78 is 16.2. The van der Waals surface area contributed by atoms with Crippen molar-refractivity contribution in [2.24, 2.45) is 0 Å². The van der Waals surface area contributed by atoms with Gasteiger partial charge in [-0.25, -0.2) is 4.79 Å². The minimum absolute atomic E-state index is 0.00340. The number of carbonyl (C=O) groups excluding carboxylic acids is 3. The van der Waals surface area contributed by atoms with Crippen LogP contribution in [0.3, 0.4) is 0 Å². The molecular weight excluding hydrogens is 384 g/mol. The van der Waals surface area contributed by atoms with Crippen molar-refractivity contribution >= 4 is 33.7 Å². The molecule has 0 unspecified atom stereocenters. The third kappa shape index (κ3) is 2.36. The molecule has 0 spiro atoms. The zero-order valence-electron chi connectivity index (χ0n) is 13.1. The molecule has 0 saturated carbocycles. The van der Waals surface area contributed by atoms with Crippen molar-refractivity contribution < 1.29 is 33.7 Å². The van der Waals surface area contributed by atoms with E-state index in [2.05, 4.69) is 15.9 Å². The molecule has 24 heavy (non-hydrogen) atoms. The number of Topliss-reactive ketones (excluding diaryl/α,β-unsaturated/α-hetero) is 1. The SMILES string of the molecule is COC(=O)[C@@]1([C@H]2CCC(=O)O2)CC(=O)c2c(cc(C)c(Br)c2O)O1. The molecule has 0 aliphatic carbocycles. The number of aromatic hydroxyl groups is 1. The summed E-state index contributed by atoms with van der Waals surface area (Å²) in [5.41, 5.74) is -1.11. The van der Waals surface area contributed by atoms with Crippen molar-refractivity contribution in [3.8, 4) is 11.5 Å². The van der Waals surface area contributed by atoms with Crippen LogP contribution in [0.15, 0.2) is 10.5 Å². The van der Waals surface area contributed by atoms with Gasteiger partial charge in [-0.2, -0.15) is 0 Å². The summed E-state index contributed by atoms with van der Waals surface area (Å²) >= 11 is 3.21. The van der Waals surface area contributed by atoms with Gasteiger partial charge >= 0.3 is 11.9 Å². The monoisotopic (exact) mass is 398 g/mol. The first-order chi connectivity index (χ1) is 11.3. The van der Waals surface area contributed by atoms with Crippen LogP contribution in [0.25, 0.3) is 0 Å². The molecule has 1 N–H and O–H groups in total. The normalized spacial score (nSPS) is 25.7. The van der Waals surface area contributed by atoms with Crippen molar-refractivity contribution in [3.63, 3.8) is 0 Å². The molecule has 2 aliphatic heterocycles. The Morgan fingerprint density at radius 2 is 2.17 bits per heavy atom. The summed E-state index contributed by atoms with van der Waals surface area (Å²) in [5, 5.41) is 10.2. The lowest BCUT2D eigenvalue weighted by atomic mass is 9.83. The van der Waals surface area contributed by atoms with E-state index < -0.39 is 29.4 Å². The number of aryl methyl sites for hydroxylation is 1. The number of fused-ring (bicyclic) bond motifs is 1. The number of ether oxygens (including phenoxy) is 3. The first-order valence-corrected chi connectivity index (χ1v) is 8.11. The van der Waals surface area contributed by atoms with Crippen LogP contribution in [0.1, 0.15) is 35.2 Å². The van der Waals surface area contributed by atoms with Gasteiger partial charge in [0.1, 0.15) is 17.1 Å². The first-order valence-electron chi connectivity index (χ1n) is 7.32. The Labute approximate surface area is 146 Å². The van der Waals surface area contributed by atoms with Crippen LogP contribution in [0.2, 0.25) is 0 Å². The first kappa shape index (κ1) is 16.8. The van der Waals surface area contributed by atoms with Crippen LogP contribution in [-0.4, -0.2) is 41.6 Å². The number of methoxy groups -OCH3 is 1. The van der Waals surface area contributed by atoms with Crippen LogP contribution >= 0.6 is 15.9 Å². The molecule has 0 aromatic heterocycles. The van der Waals surface area contributed by atoms with Crippen molar-refractivity contribution in [1.82, 2.24) is 0 Å². The highest BCUT2D eigenvalue weighted by Crippen LogP contribution is 2.46. The van der Waals surface area contributed by atoms with Gasteiger partial charge in [-0.1, -0.05) is 0 Å². The Hall–Kier alpha value is -2.09. The van der Waals surface area contributed by atoms with E-state index in [1.165, 1.54) is 7.11 Å². The number of phenols is 1. The second kappa shape index (κ2) is 5.77. The third-order valence-electron chi connectivity index (χ3n) is 4.31. The Morgan fingerprint density at radius 3 is 2.75 bits per heavy atom. The van der Waals surface area contributed by atoms with Gasteiger partial charge in [0.25, 0.3) is 0 Å². The lowest BCUT2D eigenvalue weighted by molar-refractivity contribution is -0.175. The minimum Gasteiger partial charge on any atom is -0.506 e. The fourth-order valence-corrected chi connectivity index (χ4v) is 3.42. The summed E-state index contributed by atoms with van der Waals surface area (Å²) in [6.07, 6.45) is -0.912. The summed E-state index contributed by atoms with van der Waals surface area (Å²) in [6.45, 7) is 1.71. The maximum absolute atomic E-state index is 12.6. The molecule has 1 aromatic rings. The van der Waals surface area contributed by atoms with Gasteiger partial charge < -0.3 is 19.3 Å². The van der Waals surface area contributed by atoms with E-state index in [0.717, 1.165) is 0 Å². The zero-order chi connectivity index (χ0) is 17.6. The Bertz CT molecular complexity index is 757. The molecule has 128 valence electrons. The number of hydrogen-bond donors (Lipinski definition) is 1. The van der Waals surface area contributed by atoms with Crippen LogP contribution in [0, 0.1) is 6.92 Å². The topological polar surface area (TPSA) is 99.1 Å². The number of cyclic esters (lactones) is 1. The summed E-state index contributed by atoms with van der Waals surface area (Å²) in [5.74, 6) is -1.90. The van der Waals surface area contributed by atoms with Crippen LogP contribution < -0.4 is 4.74 Å². The van der Waals surface area contributed by atoms with E-state index in [4.69, 9.17) is 14.2 Å².